The van der Waals surface area contributed by atoms with Crippen LogP contribution in [-0.4, -0.2) is 34.5 Å². The van der Waals surface area contributed by atoms with Crippen molar-refractivity contribution in [2.75, 3.05) is 13.2 Å². The van der Waals surface area contributed by atoms with Crippen LogP contribution in [0.3, 0.4) is 0 Å². The van der Waals surface area contributed by atoms with E-state index in [0.717, 1.165) is 46.6 Å². The van der Waals surface area contributed by atoms with Crippen molar-refractivity contribution in [3.05, 3.63) is 70.6 Å². The molecule has 1 N–H and O–H groups in total. The summed E-state index contributed by atoms with van der Waals surface area (Å²) >= 11 is 0. The van der Waals surface area contributed by atoms with Crippen LogP contribution >= 0.6 is 0 Å². The molecule has 1 amide bonds. The van der Waals surface area contributed by atoms with Gasteiger partial charge in [-0.25, -0.2) is 4.98 Å². The molecule has 1 saturated heterocycles. The fraction of sp³-hybridized carbons (Fsp3) is 0.208. The Balaban J connectivity index is 1.63. The van der Waals surface area contributed by atoms with Gasteiger partial charge < -0.3 is 10.1 Å². The largest absolute Gasteiger partial charge is 0.376 e. The maximum Gasteiger partial charge on any atom is 0.270 e. The van der Waals surface area contributed by atoms with Gasteiger partial charge in [-0.2, -0.15) is 0 Å². The third-order valence-electron chi connectivity index (χ3n) is 6.01. The zero-order valence-electron chi connectivity index (χ0n) is 16.2. The zero-order chi connectivity index (χ0) is 20.2. The van der Waals surface area contributed by atoms with E-state index in [4.69, 9.17) is 9.72 Å². The molecule has 1 fully saturated rings. The van der Waals surface area contributed by atoms with Crippen LogP contribution in [0.4, 0.5) is 0 Å². The molecule has 0 bridgehead atoms. The minimum Gasteiger partial charge on any atom is -0.376 e. The van der Waals surface area contributed by atoms with Crippen molar-refractivity contribution in [2.45, 2.75) is 18.9 Å². The minimum absolute atomic E-state index is 0.0660. The highest BCUT2D eigenvalue weighted by atomic mass is 16.5. The molecule has 30 heavy (non-hydrogen) atoms. The van der Waals surface area contributed by atoms with Crippen molar-refractivity contribution in [1.82, 2.24) is 14.7 Å². The van der Waals surface area contributed by atoms with Gasteiger partial charge in [0.05, 0.1) is 22.7 Å². The van der Waals surface area contributed by atoms with Crippen LogP contribution < -0.4 is 10.9 Å². The van der Waals surface area contributed by atoms with E-state index in [0.29, 0.717) is 23.1 Å². The second kappa shape index (κ2) is 6.50. The molecule has 0 aliphatic carbocycles. The molecule has 0 spiro atoms. The van der Waals surface area contributed by atoms with Gasteiger partial charge in [-0.05, 0) is 31.0 Å². The summed E-state index contributed by atoms with van der Waals surface area (Å²) in [6.07, 6.45) is 2.05. The lowest BCUT2D eigenvalue weighted by Crippen LogP contribution is -2.32. The fourth-order valence-corrected chi connectivity index (χ4v) is 4.60. The number of nitrogens with zero attached hydrogens (tertiary/aromatic N) is 2. The van der Waals surface area contributed by atoms with Gasteiger partial charge in [0, 0.05) is 34.7 Å². The molecule has 148 valence electrons. The van der Waals surface area contributed by atoms with Gasteiger partial charge in [0.2, 0.25) is 0 Å². The Kier molecular flexibility index (Phi) is 3.76. The Morgan fingerprint density at radius 3 is 2.63 bits per heavy atom. The highest BCUT2D eigenvalue weighted by Crippen LogP contribution is 2.33. The topological polar surface area (TPSA) is 72.7 Å². The number of carbonyl (C=O) groups excluding carboxylic acids is 1. The molecule has 3 aromatic heterocycles. The number of carbonyl (C=O) groups is 1. The second-order valence-corrected chi connectivity index (χ2v) is 7.80. The SMILES string of the molecule is O=C(NC[C@H]1CCCO1)c1cc2c3ccccc3n3c(=O)c4ccccc4c(n1)c23. The maximum absolute atomic E-state index is 13.3. The van der Waals surface area contributed by atoms with E-state index < -0.39 is 0 Å². The number of aromatic nitrogens is 2. The summed E-state index contributed by atoms with van der Waals surface area (Å²) < 4.78 is 7.33. The van der Waals surface area contributed by atoms with Crippen molar-refractivity contribution in [3.63, 3.8) is 0 Å². The Morgan fingerprint density at radius 1 is 1.07 bits per heavy atom. The molecule has 0 saturated carbocycles. The zero-order valence-corrected chi connectivity index (χ0v) is 16.2. The number of fused-ring (bicyclic) bond motifs is 5. The monoisotopic (exact) mass is 397 g/mol. The Bertz CT molecular complexity index is 1500. The van der Waals surface area contributed by atoms with Crippen molar-refractivity contribution in [2.24, 2.45) is 0 Å². The molecule has 6 nitrogen and oxygen atoms in total. The number of benzene rings is 2. The molecule has 0 radical (unpaired) electrons. The van der Waals surface area contributed by atoms with Crippen molar-refractivity contribution < 1.29 is 9.53 Å². The molecule has 1 atom stereocenters. The lowest BCUT2D eigenvalue weighted by Gasteiger charge is -2.11. The number of rotatable bonds is 3. The van der Waals surface area contributed by atoms with Crippen molar-refractivity contribution in [3.8, 4) is 0 Å². The van der Waals surface area contributed by atoms with E-state index in [9.17, 15) is 9.59 Å². The lowest BCUT2D eigenvalue weighted by molar-refractivity contribution is 0.0854. The van der Waals surface area contributed by atoms with Gasteiger partial charge in [-0.15, -0.1) is 0 Å². The Hall–Kier alpha value is -3.51. The number of ether oxygens (including phenoxy) is 1. The van der Waals surface area contributed by atoms with Crippen LogP contribution in [0.15, 0.2) is 59.4 Å². The van der Waals surface area contributed by atoms with Crippen molar-refractivity contribution in [1.29, 1.82) is 0 Å². The first-order valence-corrected chi connectivity index (χ1v) is 10.2. The molecule has 4 heterocycles. The molecule has 5 aromatic rings. The third-order valence-corrected chi connectivity index (χ3v) is 6.01. The standard InChI is InChI=1S/C24H19N3O3/c28-23(25-13-14-6-5-11-30-14)19-12-18-15-7-3-4-10-20(15)27-22(18)21(26-19)16-8-1-2-9-17(16)24(27)29/h1-4,7-10,12,14H,5-6,11,13H2,(H,25,28)/t14-/m1/s1. The number of hydrogen-bond donors (Lipinski definition) is 1. The molecular weight excluding hydrogens is 378 g/mol. The molecule has 6 rings (SSSR count). The van der Waals surface area contributed by atoms with Gasteiger partial charge >= 0.3 is 0 Å². The molecule has 6 heteroatoms. The Morgan fingerprint density at radius 2 is 1.83 bits per heavy atom. The maximum atomic E-state index is 13.3. The van der Waals surface area contributed by atoms with E-state index in [1.807, 2.05) is 48.5 Å². The van der Waals surface area contributed by atoms with E-state index in [2.05, 4.69) is 5.32 Å². The number of hydrogen-bond acceptors (Lipinski definition) is 4. The summed E-state index contributed by atoms with van der Waals surface area (Å²) in [7, 11) is 0. The fourth-order valence-electron chi connectivity index (χ4n) is 4.60. The molecular formula is C24H19N3O3. The van der Waals surface area contributed by atoms with Crippen LogP contribution in [0, 0.1) is 0 Å². The summed E-state index contributed by atoms with van der Waals surface area (Å²) in [6, 6.07) is 17.0. The average molecular weight is 397 g/mol. The van der Waals surface area contributed by atoms with Crippen molar-refractivity contribution >= 4 is 44.0 Å². The molecule has 0 unspecified atom stereocenters. The van der Waals surface area contributed by atoms with E-state index in [1.165, 1.54) is 0 Å². The molecule has 1 aliphatic rings. The molecule has 1 aliphatic heterocycles. The molecule has 2 aromatic carbocycles. The summed E-state index contributed by atoms with van der Waals surface area (Å²) in [5, 5.41) is 6.11. The summed E-state index contributed by atoms with van der Waals surface area (Å²) in [6.45, 7) is 1.23. The normalized spacial score (nSPS) is 16.9. The van der Waals surface area contributed by atoms with Crippen LogP contribution in [0.25, 0.3) is 38.1 Å². The third kappa shape index (κ3) is 2.44. The minimum atomic E-state index is -0.227. The van der Waals surface area contributed by atoms with E-state index >= 15 is 0 Å². The highest BCUT2D eigenvalue weighted by molar-refractivity contribution is 6.20. The Labute approximate surface area is 171 Å². The van der Waals surface area contributed by atoms with Gasteiger partial charge in [0.25, 0.3) is 11.5 Å². The van der Waals surface area contributed by atoms with Crippen LogP contribution in [0.5, 0.6) is 0 Å². The lowest BCUT2D eigenvalue weighted by atomic mass is 10.1. The van der Waals surface area contributed by atoms with E-state index in [-0.39, 0.29) is 17.6 Å². The van der Waals surface area contributed by atoms with Crippen LogP contribution in [0.1, 0.15) is 23.3 Å². The predicted molar refractivity (Wildman–Crippen MR) is 116 cm³/mol. The smallest absolute Gasteiger partial charge is 0.270 e. The average Bonchev–Trinajstić information content (AvgIpc) is 3.42. The number of para-hydroxylation sites is 1. The number of nitrogens with one attached hydrogen (secondary N) is 1. The predicted octanol–water partition coefficient (Wildman–Crippen LogP) is 3.50. The first kappa shape index (κ1) is 17.4. The van der Waals surface area contributed by atoms with Gasteiger partial charge in [-0.3, -0.25) is 14.0 Å². The van der Waals surface area contributed by atoms with Gasteiger partial charge in [0.15, 0.2) is 0 Å². The highest BCUT2D eigenvalue weighted by Gasteiger charge is 2.22. The summed E-state index contributed by atoms with van der Waals surface area (Å²) in [4.78, 5) is 30.9. The first-order valence-electron chi connectivity index (χ1n) is 10.2. The number of pyridine rings is 2. The van der Waals surface area contributed by atoms with Crippen LogP contribution in [-0.2, 0) is 4.74 Å². The van der Waals surface area contributed by atoms with Gasteiger partial charge in [-0.1, -0.05) is 36.4 Å². The summed E-state index contributed by atoms with van der Waals surface area (Å²) in [5.74, 6) is -0.227. The van der Waals surface area contributed by atoms with Gasteiger partial charge in [0.1, 0.15) is 5.69 Å². The first-order chi connectivity index (χ1) is 14.7. The van der Waals surface area contributed by atoms with E-state index in [1.54, 1.807) is 10.5 Å². The quantitative estimate of drug-likeness (QED) is 0.473. The second-order valence-electron chi connectivity index (χ2n) is 7.80. The van der Waals surface area contributed by atoms with Crippen LogP contribution in [0.2, 0.25) is 0 Å². The number of amides is 1. The summed E-state index contributed by atoms with van der Waals surface area (Å²) in [5.41, 5.74) is 2.54.